The largest absolute Gasteiger partial charge is 0.444 e. The zero-order valence-electron chi connectivity index (χ0n) is 15.1. The highest BCUT2D eigenvalue weighted by Gasteiger charge is 2.06. The van der Waals surface area contributed by atoms with Crippen LogP contribution in [-0.2, 0) is 6.54 Å². The van der Waals surface area contributed by atoms with E-state index in [1.54, 1.807) is 7.05 Å². The molecule has 1 aromatic heterocycles. The van der Waals surface area contributed by atoms with Crippen molar-refractivity contribution in [2.45, 2.75) is 72.3 Å². The van der Waals surface area contributed by atoms with Gasteiger partial charge in [-0.2, -0.15) is 0 Å². The number of nitrogens with one attached hydrogen (secondary N) is 2. The van der Waals surface area contributed by atoms with Gasteiger partial charge in [0.1, 0.15) is 5.76 Å². The van der Waals surface area contributed by atoms with Crippen molar-refractivity contribution in [1.29, 1.82) is 0 Å². The molecular weight excluding hydrogens is 403 g/mol. The molecule has 0 amide bonds. The second-order valence-electron chi connectivity index (χ2n) is 5.72. The first-order chi connectivity index (χ1) is 10.7. The molecule has 23 heavy (non-hydrogen) atoms. The Labute approximate surface area is 158 Å². The molecule has 0 bridgehead atoms. The van der Waals surface area contributed by atoms with Crippen LogP contribution in [-0.4, -0.2) is 24.5 Å². The van der Waals surface area contributed by atoms with Crippen molar-refractivity contribution in [2.75, 3.05) is 13.6 Å². The van der Waals surface area contributed by atoms with Crippen LogP contribution in [0.1, 0.15) is 69.2 Å². The minimum atomic E-state index is 0. The second-order valence-corrected chi connectivity index (χ2v) is 5.72. The highest BCUT2D eigenvalue weighted by atomic mass is 127. The Balaban J connectivity index is 0.00000484. The summed E-state index contributed by atoms with van der Waals surface area (Å²) in [7, 11) is 1.78. The van der Waals surface area contributed by atoms with Crippen LogP contribution in [0.5, 0.6) is 0 Å². The van der Waals surface area contributed by atoms with Gasteiger partial charge in [0.05, 0.1) is 12.2 Å². The van der Waals surface area contributed by atoms with E-state index in [0.29, 0.717) is 12.4 Å². The number of oxazole rings is 1. The van der Waals surface area contributed by atoms with Gasteiger partial charge in [-0.25, -0.2) is 4.98 Å². The average Bonchev–Trinajstić information content (AvgIpc) is 2.83. The van der Waals surface area contributed by atoms with Crippen molar-refractivity contribution in [2.24, 2.45) is 4.99 Å². The lowest BCUT2D eigenvalue weighted by Gasteiger charge is -2.10. The average molecular weight is 436 g/mol. The number of halogens is 1. The molecule has 0 saturated carbocycles. The van der Waals surface area contributed by atoms with Crippen LogP contribution in [0.2, 0.25) is 0 Å². The number of aliphatic imine (C=N–C) groups is 1. The number of aryl methyl sites for hydroxylation is 2. The number of nitrogens with zero attached hydrogens (tertiary/aromatic N) is 2. The molecule has 0 aromatic carbocycles. The highest BCUT2D eigenvalue weighted by molar-refractivity contribution is 14.0. The fraction of sp³-hybridized carbons (Fsp3) is 0.765. The van der Waals surface area contributed by atoms with Crippen LogP contribution in [0.4, 0.5) is 0 Å². The summed E-state index contributed by atoms with van der Waals surface area (Å²) in [5.41, 5.74) is 0.947. The molecule has 5 nitrogen and oxygen atoms in total. The number of hydrogen-bond acceptors (Lipinski definition) is 3. The number of guanidine groups is 1. The van der Waals surface area contributed by atoms with E-state index in [1.807, 2.05) is 13.8 Å². The first-order valence-electron chi connectivity index (χ1n) is 8.54. The van der Waals surface area contributed by atoms with E-state index in [0.717, 1.165) is 24.0 Å². The summed E-state index contributed by atoms with van der Waals surface area (Å²) < 4.78 is 5.54. The molecule has 1 aromatic rings. The van der Waals surface area contributed by atoms with Gasteiger partial charge in [0.15, 0.2) is 5.96 Å². The standard InChI is InChI=1S/C17H32N4O.HI/c1-5-6-7-8-9-10-11-12-19-17(18-4)20-13-16-21-14(2)15(3)22-16;/h5-13H2,1-4H3,(H2,18,19,20);1H. The Morgan fingerprint density at radius 3 is 2.26 bits per heavy atom. The van der Waals surface area contributed by atoms with E-state index in [4.69, 9.17) is 4.42 Å². The number of hydrogen-bond donors (Lipinski definition) is 2. The molecule has 0 unspecified atom stereocenters. The van der Waals surface area contributed by atoms with E-state index in [1.165, 1.54) is 44.9 Å². The Kier molecular flexibility index (Phi) is 13.2. The summed E-state index contributed by atoms with van der Waals surface area (Å²) in [6.07, 6.45) is 9.23. The van der Waals surface area contributed by atoms with Gasteiger partial charge in [-0.05, 0) is 20.3 Å². The Morgan fingerprint density at radius 1 is 1.04 bits per heavy atom. The summed E-state index contributed by atoms with van der Waals surface area (Å²) in [5.74, 6) is 2.39. The molecule has 2 N–H and O–H groups in total. The van der Waals surface area contributed by atoms with E-state index in [9.17, 15) is 0 Å². The molecule has 0 aliphatic carbocycles. The molecule has 0 aliphatic rings. The van der Waals surface area contributed by atoms with Crippen molar-refractivity contribution >= 4 is 29.9 Å². The van der Waals surface area contributed by atoms with Crippen LogP contribution < -0.4 is 10.6 Å². The highest BCUT2D eigenvalue weighted by Crippen LogP contribution is 2.08. The Hall–Kier alpha value is -0.790. The third-order valence-corrected chi connectivity index (χ3v) is 3.78. The van der Waals surface area contributed by atoms with Crippen molar-refractivity contribution in [1.82, 2.24) is 15.6 Å². The van der Waals surface area contributed by atoms with Gasteiger partial charge in [-0.15, -0.1) is 24.0 Å². The van der Waals surface area contributed by atoms with Crippen molar-refractivity contribution in [3.8, 4) is 0 Å². The fourth-order valence-corrected chi connectivity index (χ4v) is 2.28. The summed E-state index contributed by atoms with van der Waals surface area (Å²) in [4.78, 5) is 8.57. The number of rotatable bonds is 10. The summed E-state index contributed by atoms with van der Waals surface area (Å²) in [6, 6.07) is 0. The first-order valence-corrected chi connectivity index (χ1v) is 8.54. The SMILES string of the molecule is CCCCCCCCCNC(=NC)NCc1nc(C)c(C)o1.I. The molecule has 6 heteroatoms. The van der Waals surface area contributed by atoms with Crippen LogP contribution in [0, 0.1) is 13.8 Å². The maximum absolute atomic E-state index is 5.54. The van der Waals surface area contributed by atoms with Gasteiger partial charge in [0, 0.05) is 13.6 Å². The van der Waals surface area contributed by atoms with Gasteiger partial charge in [-0.3, -0.25) is 4.99 Å². The van der Waals surface area contributed by atoms with Gasteiger partial charge in [0.2, 0.25) is 5.89 Å². The van der Waals surface area contributed by atoms with Gasteiger partial charge >= 0.3 is 0 Å². The Morgan fingerprint density at radius 2 is 1.70 bits per heavy atom. The molecule has 134 valence electrons. The zero-order chi connectivity index (χ0) is 16.2. The van der Waals surface area contributed by atoms with E-state index in [2.05, 4.69) is 27.5 Å². The second kappa shape index (κ2) is 13.6. The normalized spacial score (nSPS) is 11.2. The smallest absolute Gasteiger partial charge is 0.214 e. The van der Waals surface area contributed by atoms with Crippen LogP contribution in [0.3, 0.4) is 0 Å². The first kappa shape index (κ1) is 22.2. The predicted molar refractivity (Wildman–Crippen MR) is 108 cm³/mol. The summed E-state index contributed by atoms with van der Waals surface area (Å²) in [5, 5.41) is 6.56. The lowest BCUT2D eigenvalue weighted by atomic mass is 10.1. The quantitative estimate of drug-likeness (QED) is 0.248. The van der Waals surface area contributed by atoms with Crippen molar-refractivity contribution < 1.29 is 4.42 Å². The van der Waals surface area contributed by atoms with Crippen LogP contribution in [0.15, 0.2) is 9.41 Å². The number of unbranched alkanes of at least 4 members (excludes halogenated alkanes) is 6. The monoisotopic (exact) mass is 436 g/mol. The van der Waals surface area contributed by atoms with E-state index >= 15 is 0 Å². The maximum atomic E-state index is 5.54. The Bertz CT molecular complexity index is 426. The van der Waals surface area contributed by atoms with E-state index in [-0.39, 0.29) is 24.0 Å². The molecular formula is C17H33IN4O. The lowest BCUT2D eigenvalue weighted by molar-refractivity contribution is 0.463. The van der Waals surface area contributed by atoms with Gasteiger partial charge in [0.25, 0.3) is 0 Å². The minimum absolute atomic E-state index is 0. The summed E-state index contributed by atoms with van der Waals surface area (Å²) in [6.45, 7) is 7.65. The maximum Gasteiger partial charge on any atom is 0.214 e. The van der Waals surface area contributed by atoms with Crippen molar-refractivity contribution in [3.63, 3.8) is 0 Å². The minimum Gasteiger partial charge on any atom is -0.444 e. The predicted octanol–water partition coefficient (Wildman–Crippen LogP) is 4.33. The third-order valence-electron chi connectivity index (χ3n) is 3.78. The molecule has 1 rings (SSSR count). The zero-order valence-corrected chi connectivity index (χ0v) is 17.4. The molecule has 0 saturated heterocycles. The van der Waals surface area contributed by atoms with Gasteiger partial charge in [-0.1, -0.05) is 45.4 Å². The number of aromatic nitrogens is 1. The van der Waals surface area contributed by atoms with Crippen LogP contribution in [0.25, 0.3) is 0 Å². The molecule has 0 atom stereocenters. The third kappa shape index (κ3) is 9.84. The summed E-state index contributed by atoms with van der Waals surface area (Å²) >= 11 is 0. The fourth-order valence-electron chi connectivity index (χ4n) is 2.28. The molecule has 1 heterocycles. The van der Waals surface area contributed by atoms with Gasteiger partial charge < -0.3 is 15.1 Å². The van der Waals surface area contributed by atoms with Crippen LogP contribution >= 0.6 is 24.0 Å². The molecule has 0 aliphatic heterocycles. The van der Waals surface area contributed by atoms with E-state index < -0.39 is 0 Å². The van der Waals surface area contributed by atoms with Crippen molar-refractivity contribution in [3.05, 3.63) is 17.3 Å². The molecule has 0 spiro atoms. The molecule has 0 fully saturated rings. The lowest BCUT2D eigenvalue weighted by Crippen LogP contribution is -2.37. The molecule has 0 radical (unpaired) electrons. The topological polar surface area (TPSA) is 62.5 Å².